The Bertz CT molecular complexity index is 889. The number of hydrogen-bond acceptors (Lipinski definition) is 7. The number of nitrogens with zero attached hydrogens (tertiary/aromatic N) is 3. The summed E-state index contributed by atoms with van der Waals surface area (Å²) in [5, 5.41) is 10.4. The molecule has 0 bridgehead atoms. The molecule has 0 spiro atoms. The minimum atomic E-state index is -0.149. The molecule has 1 aliphatic heterocycles. The molecule has 1 saturated heterocycles. The van der Waals surface area contributed by atoms with Gasteiger partial charge in [-0.25, -0.2) is 4.98 Å². The minimum absolute atomic E-state index is 0.112. The average molecular weight is 387 g/mol. The number of thiophene rings is 1. The molecule has 1 aliphatic carbocycles. The molecule has 2 aromatic rings. The first-order chi connectivity index (χ1) is 13.2. The molecular weight excluding hydrogens is 366 g/mol. The van der Waals surface area contributed by atoms with Crippen molar-refractivity contribution in [3.63, 3.8) is 0 Å². The van der Waals surface area contributed by atoms with Crippen LogP contribution in [0.3, 0.4) is 0 Å². The van der Waals surface area contributed by atoms with Crippen molar-refractivity contribution in [1.29, 1.82) is 5.26 Å². The number of imidazole rings is 1. The number of nitriles is 1. The molecule has 0 amide bonds. The first-order valence-corrected chi connectivity index (χ1v) is 9.68. The van der Waals surface area contributed by atoms with Gasteiger partial charge in [-0.2, -0.15) is 5.26 Å². The SMILES string of the molecule is COC1=Cc2ncn(-c3cc(OCC4CCCO4)c(C#N)s3)c2CC1OC. The van der Waals surface area contributed by atoms with Crippen LogP contribution in [0, 0.1) is 11.3 Å². The summed E-state index contributed by atoms with van der Waals surface area (Å²) in [4.78, 5) is 5.04. The van der Waals surface area contributed by atoms with Gasteiger partial charge >= 0.3 is 0 Å². The van der Waals surface area contributed by atoms with Crippen molar-refractivity contribution in [2.45, 2.75) is 31.5 Å². The molecule has 2 unspecified atom stereocenters. The van der Waals surface area contributed by atoms with Gasteiger partial charge in [0.25, 0.3) is 0 Å². The van der Waals surface area contributed by atoms with Gasteiger partial charge in [-0.05, 0) is 12.8 Å². The van der Waals surface area contributed by atoms with Crippen molar-refractivity contribution in [2.24, 2.45) is 0 Å². The molecule has 1 fully saturated rings. The van der Waals surface area contributed by atoms with E-state index in [1.807, 2.05) is 16.7 Å². The monoisotopic (exact) mass is 387 g/mol. The lowest BCUT2D eigenvalue weighted by Gasteiger charge is -2.22. The third-order valence-electron chi connectivity index (χ3n) is 4.87. The summed E-state index contributed by atoms with van der Waals surface area (Å²) in [5.74, 6) is 1.36. The van der Waals surface area contributed by atoms with Gasteiger partial charge in [-0.3, -0.25) is 4.57 Å². The quantitative estimate of drug-likeness (QED) is 0.758. The standard InChI is InChI=1S/C19H21N3O4S/c1-23-15-6-13-14(7-16(15)24-2)22(11-21-13)19-8-17(18(9-20)27-19)26-10-12-4-3-5-25-12/h6,8,11-12,16H,3-5,7,10H2,1-2H3. The lowest BCUT2D eigenvalue weighted by Crippen LogP contribution is -2.23. The second-order valence-corrected chi connectivity index (χ2v) is 7.49. The summed E-state index contributed by atoms with van der Waals surface area (Å²) >= 11 is 1.39. The molecule has 4 rings (SSSR count). The number of aromatic nitrogens is 2. The van der Waals surface area contributed by atoms with Crippen molar-refractivity contribution < 1.29 is 18.9 Å². The van der Waals surface area contributed by atoms with Gasteiger partial charge in [0, 0.05) is 32.3 Å². The van der Waals surface area contributed by atoms with Gasteiger partial charge in [0.05, 0.1) is 24.6 Å². The molecule has 2 atom stereocenters. The van der Waals surface area contributed by atoms with Crippen molar-refractivity contribution >= 4 is 17.4 Å². The van der Waals surface area contributed by atoms with E-state index in [0.717, 1.165) is 41.6 Å². The highest BCUT2D eigenvalue weighted by molar-refractivity contribution is 7.15. The molecule has 8 heteroatoms. The Hall–Kier alpha value is -2.34. The Morgan fingerprint density at radius 3 is 3.04 bits per heavy atom. The molecule has 0 radical (unpaired) electrons. The molecule has 2 aromatic heterocycles. The maximum absolute atomic E-state index is 9.48. The zero-order valence-corrected chi connectivity index (χ0v) is 16.1. The van der Waals surface area contributed by atoms with Crippen LogP contribution in [0.5, 0.6) is 5.75 Å². The fraction of sp³-hybridized carbons (Fsp3) is 0.474. The lowest BCUT2D eigenvalue weighted by atomic mass is 10.0. The van der Waals surface area contributed by atoms with Crippen molar-refractivity contribution in [3.05, 3.63) is 34.4 Å². The minimum Gasteiger partial charge on any atom is -0.498 e. The Labute approximate surface area is 161 Å². The van der Waals surface area contributed by atoms with E-state index in [4.69, 9.17) is 18.9 Å². The average Bonchev–Trinajstić information content (AvgIpc) is 3.43. The smallest absolute Gasteiger partial charge is 0.150 e. The molecular formula is C19H21N3O4S. The summed E-state index contributed by atoms with van der Waals surface area (Å²) in [6, 6.07) is 4.13. The molecule has 3 heterocycles. The molecule has 0 saturated carbocycles. The van der Waals surface area contributed by atoms with E-state index >= 15 is 0 Å². The number of methoxy groups -OCH3 is 2. The molecule has 7 nitrogen and oxygen atoms in total. The Kier molecular flexibility index (Phi) is 5.16. The van der Waals surface area contributed by atoms with Crippen LogP contribution in [0.2, 0.25) is 0 Å². The third kappa shape index (κ3) is 3.46. The molecule has 142 valence electrons. The second kappa shape index (κ2) is 7.72. The Morgan fingerprint density at radius 2 is 2.33 bits per heavy atom. The van der Waals surface area contributed by atoms with E-state index in [0.29, 0.717) is 23.7 Å². The van der Waals surface area contributed by atoms with Crippen molar-refractivity contribution in [3.8, 4) is 16.8 Å². The largest absolute Gasteiger partial charge is 0.498 e. The van der Waals surface area contributed by atoms with Crippen molar-refractivity contribution in [2.75, 3.05) is 27.4 Å². The van der Waals surface area contributed by atoms with Gasteiger partial charge < -0.3 is 18.9 Å². The van der Waals surface area contributed by atoms with Crippen LogP contribution in [-0.2, 0) is 20.6 Å². The number of ether oxygens (including phenoxy) is 4. The number of fused-ring (bicyclic) bond motifs is 1. The zero-order chi connectivity index (χ0) is 18.8. The zero-order valence-electron chi connectivity index (χ0n) is 15.3. The summed E-state index contributed by atoms with van der Waals surface area (Å²) in [6.07, 6.45) is 6.34. The van der Waals surface area contributed by atoms with Gasteiger partial charge in [0.15, 0.2) is 0 Å². The predicted octanol–water partition coefficient (Wildman–Crippen LogP) is 2.92. The highest BCUT2D eigenvalue weighted by Gasteiger charge is 2.27. The highest BCUT2D eigenvalue weighted by atomic mass is 32.1. The van der Waals surface area contributed by atoms with E-state index in [1.54, 1.807) is 20.5 Å². The summed E-state index contributed by atoms with van der Waals surface area (Å²) < 4.78 is 24.4. The second-order valence-electron chi connectivity index (χ2n) is 6.46. The Morgan fingerprint density at radius 1 is 1.44 bits per heavy atom. The first kappa shape index (κ1) is 18.0. The maximum atomic E-state index is 9.48. The molecule has 2 aliphatic rings. The first-order valence-electron chi connectivity index (χ1n) is 8.86. The maximum Gasteiger partial charge on any atom is 0.150 e. The topological polar surface area (TPSA) is 78.5 Å². The highest BCUT2D eigenvalue weighted by Crippen LogP contribution is 2.35. The van der Waals surface area contributed by atoms with Gasteiger partial charge in [0.1, 0.15) is 46.5 Å². The van der Waals surface area contributed by atoms with Crippen LogP contribution >= 0.6 is 11.3 Å². The van der Waals surface area contributed by atoms with E-state index < -0.39 is 0 Å². The van der Waals surface area contributed by atoms with Crippen LogP contribution in [0.1, 0.15) is 29.1 Å². The fourth-order valence-corrected chi connectivity index (χ4v) is 4.31. The number of hydrogen-bond donors (Lipinski definition) is 0. The van der Waals surface area contributed by atoms with E-state index in [-0.39, 0.29) is 12.2 Å². The predicted molar refractivity (Wildman–Crippen MR) is 100 cm³/mol. The summed E-state index contributed by atoms with van der Waals surface area (Å²) in [6.45, 7) is 1.26. The Balaban J connectivity index is 1.60. The lowest BCUT2D eigenvalue weighted by molar-refractivity contribution is 0.0680. The summed E-state index contributed by atoms with van der Waals surface area (Å²) in [7, 11) is 3.30. The third-order valence-corrected chi connectivity index (χ3v) is 5.89. The van der Waals surface area contributed by atoms with Gasteiger partial charge in [-0.15, -0.1) is 11.3 Å². The van der Waals surface area contributed by atoms with Gasteiger partial charge in [0.2, 0.25) is 0 Å². The van der Waals surface area contributed by atoms with E-state index in [9.17, 15) is 5.26 Å². The van der Waals surface area contributed by atoms with E-state index in [2.05, 4.69) is 11.1 Å². The van der Waals surface area contributed by atoms with Gasteiger partial charge in [-0.1, -0.05) is 0 Å². The van der Waals surface area contributed by atoms with Crippen LogP contribution in [0.15, 0.2) is 18.2 Å². The van der Waals surface area contributed by atoms with Crippen LogP contribution in [0.25, 0.3) is 11.1 Å². The van der Waals surface area contributed by atoms with Crippen LogP contribution < -0.4 is 4.74 Å². The molecule has 0 N–H and O–H groups in total. The fourth-order valence-electron chi connectivity index (χ4n) is 3.42. The normalized spacial score (nSPS) is 21.4. The number of rotatable bonds is 6. The molecule has 27 heavy (non-hydrogen) atoms. The summed E-state index contributed by atoms with van der Waals surface area (Å²) in [5.41, 5.74) is 1.88. The van der Waals surface area contributed by atoms with Crippen molar-refractivity contribution in [1.82, 2.24) is 9.55 Å². The van der Waals surface area contributed by atoms with Crippen LogP contribution in [-0.4, -0.2) is 49.2 Å². The molecule has 0 aromatic carbocycles. The van der Waals surface area contributed by atoms with Crippen LogP contribution in [0.4, 0.5) is 0 Å². The van der Waals surface area contributed by atoms with E-state index in [1.165, 1.54) is 11.3 Å².